The van der Waals surface area contributed by atoms with Gasteiger partial charge in [-0.25, -0.2) is 8.42 Å². The Bertz CT molecular complexity index is 862. The number of aromatic amines is 1. The first kappa shape index (κ1) is 14.6. The van der Waals surface area contributed by atoms with Crippen LogP contribution < -0.4 is 9.60 Å². The van der Waals surface area contributed by atoms with Crippen LogP contribution in [0.15, 0.2) is 27.2 Å². The molecule has 0 atom stereocenters. The minimum atomic E-state index is -3.93. The van der Waals surface area contributed by atoms with Gasteiger partial charge in [0, 0.05) is 5.69 Å². The van der Waals surface area contributed by atoms with Crippen molar-refractivity contribution >= 4 is 38.6 Å². The lowest BCUT2D eigenvalue weighted by Crippen LogP contribution is -2.13. The van der Waals surface area contributed by atoms with E-state index in [2.05, 4.69) is 9.71 Å². The van der Waals surface area contributed by atoms with Crippen molar-refractivity contribution in [2.24, 2.45) is 0 Å². The van der Waals surface area contributed by atoms with Crippen LogP contribution >= 0.6 is 22.9 Å². The molecule has 1 heterocycles. The third kappa shape index (κ3) is 2.85. The highest BCUT2D eigenvalue weighted by molar-refractivity contribution is 7.94. The number of sulfonamides is 1. The lowest BCUT2D eigenvalue weighted by Gasteiger charge is -2.08. The van der Waals surface area contributed by atoms with E-state index < -0.39 is 14.9 Å². The zero-order valence-electron chi connectivity index (χ0n) is 10.1. The number of benzene rings is 1. The predicted molar refractivity (Wildman–Crippen MR) is 76.7 cm³/mol. The molecule has 2 N–H and O–H groups in total. The fourth-order valence-electron chi connectivity index (χ4n) is 1.51. The van der Waals surface area contributed by atoms with Crippen molar-refractivity contribution in [3.8, 4) is 6.07 Å². The number of nitrogens with one attached hydrogen (secondary N) is 2. The van der Waals surface area contributed by atoms with Gasteiger partial charge in [-0.2, -0.15) is 5.26 Å². The van der Waals surface area contributed by atoms with E-state index in [1.54, 1.807) is 0 Å². The number of rotatable bonds is 3. The lowest BCUT2D eigenvalue weighted by atomic mass is 10.2. The molecule has 0 spiro atoms. The number of aryl methyl sites for hydroxylation is 1. The summed E-state index contributed by atoms with van der Waals surface area (Å²) >= 11 is 6.48. The van der Waals surface area contributed by atoms with E-state index in [-0.39, 0.29) is 26.2 Å². The minimum absolute atomic E-state index is 0.0889. The topological polar surface area (TPSA) is 103 Å². The molecule has 0 bridgehead atoms. The van der Waals surface area contributed by atoms with Crippen molar-refractivity contribution in [1.82, 2.24) is 4.98 Å². The molecule has 1 aromatic heterocycles. The van der Waals surface area contributed by atoms with Crippen molar-refractivity contribution in [1.29, 1.82) is 5.26 Å². The Kier molecular flexibility index (Phi) is 3.85. The largest absolute Gasteiger partial charge is 0.315 e. The normalized spacial score (nSPS) is 11.1. The van der Waals surface area contributed by atoms with Crippen molar-refractivity contribution in [3.63, 3.8) is 0 Å². The molecule has 20 heavy (non-hydrogen) atoms. The maximum atomic E-state index is 12.2. The van der Waals surface area contributed by atoms with Gasteiger partial charge < -0.3 is 4.98 Å². The summed E-state index contributed by atoms with van der Waals surface area (Å²) in [5.74, 6) is 0. The second-order valence-electron chi connectivity index (χ2n) is 3.84. The van der Waals surface area contributed by atoms with Gasteiger partial charge in [-0.05, 0) is 25.1 Å². The summed E-state index contributed by atoms with van der Waals surface area (Å²) in [6.07, 6.45) is 0. The highest BCUT2D eigenvalue weighted by Crippen LogP contribution is 2.27. The average Bonchev–Trinajstić information content (AvgIpc) is 2.72. The van der Waals surface area contributed by atoms with Crippen LogP contribution in [-0.2, 0) is 10.0 Å². The highest BCUT2D eigenvalue weighted by Gasteiger charge is 2.21. The number of nitriles is 1. The van der Waals surface area contributed by atoms with E-state index in [0.29, 0.717) is 11.3 Å². The Hall–Kier alpha value is -1.82. The molecule has 1 aromatic carbocycles. The molecule has 104 valence electrons. The molecular weight excluding hydrogens is 322 g/mol. The molecule has 9 heteroatoms. The van der Waals surface area contributed by atoms with E-state index >= 15 is 0 Å². The molecule has 0 amide bonds. The maximum Gasteiger partial charge on any atom is 0.306 e. The number of H-pyrrole nitrogens is 1. The van der Waals surface area contributed by atoms with Gasteiger partial charge in [-0.3, -0.25) is 9.52 Å². The Morgan fingerprint density at radius 2 is 2.15 bits per heavy atom. The molecule has 2 rings (SSSR count). The first-order valence-corrected chi connectivity index (χ1v) is 7.93. The van der Waals surface area contributed by atoms with E-state index in [1.165, 1.54) is 25.1 Å². The third-order valence-corrected chi connectivity index (χ3v) is 5.66. The molecule has 0 unspecified atom stereocenters. The SMILES string of the molecule is Cc1[nH]c(=O)sc1S(=O)(=O)Nc1cc(C#N)ccc1Cl. The Morgan fingerprint density at radius 1 is 1.45 bits per heavy atom. The van der Waals surface area contributed by atoms with Gasteiger partial charge in [0.2, 0.25) is 0 Å². The first-order valence-electron chi connectivity index (χ1n) is 5.25. The van der Waals surface area contributed by atoms with Gasteiger partial charge in [-0.1, -0.05) is 22.9 Å². The number of hydrogen-bond acceptors (Lipinski definition) is 5. The molecule has 0 saturated heterocycles. The van der Waals surface area contributed by atoms with E-state index in [0.717, 1.165) is 0 Å². The number of anilines is 1. The van der Waals surface area contributed by atoms with Gasteiger partial charge in [0.25, 0.3) is 10.0 Å². The van der Waals surface area contributed by atoms with E-state index in [9.17, 15) is 13.2 Å². The Labute approximate surface area is 123 Å². The van der Waals surface area contributed by atoms with Gasteiger partial charge in [0.1, 0.15) is 0 Å². The zero-order valence-corrected chi connectivity index (χ0v) is 12.5. The van der Waals surface area contributed by atoms with Crippen LogP contribution in [-0.4, -0.2) is 13.4 Å². The quantitative estimate of drug-likeness (QED) is 0.899. The predicted octanol–water partition coefficient (Wildman–Crippen LogP) is 2.07. The summed E-state index contributed by atoms with van der Waals surface area (Å²) < 4.78 is 26.5. The number of nitrogens with zero attached hydrogens (tertiary/aromatic N) is 1. The van der Waals surface area contributed by atoms with Crippen molar-refractivity contribution < 1.29 is 8.42 Å². The number of halogens is 1. The fraction of sp³-hybridized carbons (Fsp3) is 0.0909. The second-order valence-corrected chi connectivity index (χ2v) is 7.11. The Morgan fingerprint density at radius 3 is 2.70 bits per heavy atom. The number of thiazole rings is 1. The van der Waals surface area contributed by atoms with Crippen LogP contribution in [0.2, 0.25) is 5.02 Å². The highest BCUT2D eigenvalue weighted by atomic mass is 35.5. The first-order chi connectivity index (χ1) is 9.33. The Balaban J connectivity index is 2.46. The standard InChI is InChI=1S/C11H8ClN3O3S2/c1-6-10(19-11(16)14-6)20(17,18)15-9-4-7(5-13)2-3-8(9)12/h2-4,15H,1H3,(H,14,16). The van der Waals surface area contributed by atoms with Gasteiger partial charge >= 0.3 is 4.87 Å². The molecule has 0 saturated carbocycles. The summed E-state index contributed by atoms with van der Waals surface area (Å²) in [5.41, 5.74) is 0.608. The van der Waals surface area contributed by atoms with Gasteiger partial charge in [0.15, 0.2) is 4.21 Å². The third-order valence-electron chi connectivity index (χ3n) is 2.36. The van der Waals surface area contributed by atoms with E-state index in [4.69, 9.17) is 16.9 Å². The molecule has 6 nitrogen and oxygen atoms in total. The molecule has 0 aliphatic rings. The van der Waals surface area contributed by atoms with Crippen molar-refractivity contribution in [2.45, 2.75) is 11.1 Å². The minimum Gasteiger partial charge on any atom is -0.315 e. The van der Waals surface area contributed by atoms with Gasteiger partial charge in [0.05, 0.1) is 22.3 Å². The lowest BCUT2D eigenvalue weighted by molar-refractivity contribution is 0.602. The average molecular weight is 330 g/mol. The monoisotopic (exact) mass is 329 g/mol. The molecule has 0 aliphatic carbocycles. The fourth-order valence-corrected chi connectivity index (χ4v) is 4.10. The second kappa shape index (κ2) is 5.28. The summed E-state index contributed by atoms with van der Waals surface area (Å²) in [4.78, 5) is 13.1. The van der Waals surface area contributed by atoms with Crippen LogP contribution in [0.1, 0.15) is 11.3 Å². The van der Waals surface area contributed by atoms with Crippen LogP contribution in [0.5, 0.6) is 0 Å². The zero-order chi connectivity index (χ0) is 14.9. The smallest absolute Gasteiger partial charge is 0.306 e. The van der Waals surface area contributed by atoms with Crippen LogP contribution in [0.4, 0.5) is 5.69 Å². The van der Waals surface area contributed by atoms with Gasteiger partial charge in [-0.15, -0.1) is 0 Å². The molecule has 2 aromatic rings. The summed E-state index contributed by atoms with van der Waals surface area (Å²) in [5, 5.41) is 8.96. The summed E-state index contributed by atoms with van der Waals surface area (Å²) in [7, 11) is -3.93. The maximum absolute atomic E-state index is 12.2. The molecule has 0 radical (unpaired) electrons. The number of aromatic nitrogens is 1. The molecule has 0 aliphatic heterocycles. The molecular formula is C11H8ClN3O3S2. The van der Waals surface area contributed by atoms with Crippen LogP contribution in [0.25, 0.3) is 0 Å². The molecule has 0 fully saturated rings. The summed E-state index contributed by atoms with van der Waals surface area (Å²) in [6.45, 7) is 1.49. The summed E-state index contributed by atoms with van der Waals surface area (Å²) in [6, 6.07) is 6.11. The number of hydrogen-bond donors (Lipinski definition) is 2. The van der Waals surface area contributed by atoms with Crippen LogP contribution in [0.3, 0.4) is 0 Å². The van der Waals surface area contributed by atoms with Crippen molar-refractivity contribution in [3.05, 3.63) is 44.1 Å². The van der Waals surface area contributed by atoms with Crippen molar-refractivity contribution in [2.75, 3.05) is 4.72 Å². The van der Waals surface area contributed by atoms with E-state index in [1.807, 2.05) is 6.07 Å². The van der Waals surface area contributed by atoms with Crippen LogP contribution in [0, 0.1) is 18.3 Å².